The van der Waals surface area contributed by atoms with E-state index in [0.29, 0.717) is 35.6 Å². The highest BCUT2D eigenvalue weighted by Crippen LogP contribution is 2.28. The monoisotopic (exact) mass is 405 g/mol. The van der Waals surface area contributed by atoms with Crippen LogP contribution in [0.25, 0.3) is 10.9 Å². The number of nitrogens with one attached hydrogen (secondary N) is 1. The molecule has 0 fully saturated rings. The minimum atomic E-state index is 0.477. The van der Waals surface area contributed by atoms with Crippen LogP contribution in [0, 0.1) is 0 Å². The second kappa shape index (κ2) is 8.75. The molecule has 3 aromatic heterocycles. The molecule has 0 radical (unpaired) electrons. The highest BCUT2D eigenvalue weighted by Gasteiger charge is 2.08. The predicted molar refractivity (Wildman–Crippen MR) is 114 cm³/mol. The van der Waals surface area contributed by atoms with E-state index in [0.717, 1.165) is 17.4 Å². The maximum atomic E-state index is 5.92. The van der Waals surface area contributed by atoms with Gasteiger partial charge in [0.05, 0.1) is 11.7 Å². The van der Waals surface area contributed by atoms with Crippen molar-refractivity contribution < 1.29 is 9.47 Å². The van der Waals surface area contributed by atoms with Crippen LogP contribution in [-0.2, 0) is 7.05 Å². The number of benzene rings is 1. The molecule has 0 aliphatic heterocycles. The minimum absolute atomic E-state index is 0.477. The van der Waals surface area contributed by atoms with Crippen LogP contribution in [-0.4, -0.2) is 56.9 Å². The summed E-state index contributed by atoms with van der Waals surface area (Å²) in [7, 11) is 5.87. The molecule has 4 rings (SSSR count). The van der Waals surface area contributed by atoms with Crippen LogP contribution in [0.4, 0.5) is 11.6 Å². The lowest BCUT2D eigenvalue weighted by Gasteiger charge is -2.11. The second-order valence-corrected chi connectivity index (χ2v) is 6.99. The zero-order valence-electron chi connectivity index (χ0n) is 17.1. The van der Waals surface area contributed by atoms with Crippen LogP contribution < -0.4 is 14.8 Å². The van der Waals surface area contributed by atoms with Crippen LogP contribution in [0.1, 0.15) is 0 Å². The van der Waals surface area contributed by atoms with E-state index in [1.54, 1.807) is 16.9 Å². The molecule has 0 spiro atoms. The SMILES string of the molecule is CN(C)CCOc1ccc(Oc2ccc3ncnc(Nc4ccn(C)n4)c3c2)nc1. The molecule has 0 atom stereocenters. The standard InChI is InChI=1S/C21H23N7O2/c1-27(2)10-11-29-16-5-7-20(22-13-16)30-15-4-6-18-17(12-15)21(24-14-23-18)25-19-8-9-28(3)26-19/h4-9,12-14H,10-11H2,1-3H3,(H,23,24,25,26). The van der Waals surface area contributed by atoms with E-state index in [1.165, 1.54) is 6.33 Å². The molecular formula is C21H23N7O2. The maximum absolute atomic E-state index is 5.92. The maximum Gasteiger partial charge on any atom is 0.219 e. The van der Waals surface area contributed by atoms with Gasteiger partial charge in [0.25, 0.3) is 0 Å². The van der Waals surface area contributed by atoms with Crippen molar-refractivity contribution in [2.75, 3.05) is 32.6 Å². The number of nitrogens with zero attached hydrogens (tertiary/aromatic N) is 6. The van der Waals surface area contributed by atoms with Gasteiger partial charge < -0.3 is 19.7 Å². The van der Waals surface area contributed by atoms with E-state index >= 15 is 0 Å². The highest BCUT2D eigenvalue weighted by molar-refractivity contribution is 5.91. The van der Waals surface area contributed by atoms with Gasteiger partial charge in [-0.1, -0.05) is 0 Å². The number of aromatic nitrogens is 5. The van der Waals surface area contributed by atoms with Gasteiger partial charge in [0.1, 0.15) is 30.3 Å². The third-order valence-corrected chi connectivity index (χ3v) is 4.31. The lowest BCUT2D eigenvalue weighted by Crippen LogP contribution is -2.19. The molecule has 1 N–H and O–H groups in total. The molecule has 154 valence electrons. The number of pyridine rings is 1. The van der Waals surface area contributed by atoms with Crippen molar-refractivity contribution in [3.05, 3.63) is 55.1 Å². The van der Waals surface area contributed by atoms with Crippen LogP contribution in [0.15, 0.2) is 55.1 Å². The van der Waals surface area contributed by atoms with Crippen LogP contribution >= 0.6 is 0 Å². The summed E-state index contributed by atoms with van der Waals surface area (Å²) in [5, 5.41) is 8.37. The molecule has 0 bridgehead atoms. The molecule has 0 saturated heterocycles. The molecular weight excluding hydrogens is 382 g/mol. The number of likely N-dealkylation sites (N-methyl/N-ethyl adjacent to an activating group) is 1. The van der Waals surface area contributed by atoms with E-state index in [-0.39, 0.29) is 0 Å². The number of hydrogen-bond donors (Lipinski definition) is 1. The zero-order valence-corrected chi connectivity index (χ0v) is 17.1. The third-order valence-electron chi connectivity index (χ3n) is 4.31. The summed E-state index contributed by atoms with van der Waals surface area (Å²) >= 11 is 0. The first-order chi connectivity index (χ1) is 14.6. The first-order valence-corrected chi connectivity index (χ1v) is 9.50. The highest BCUT2D eigenvalue weighted by atomic mass is 16.5. The molecule has 0 aliphatic carbocycles. The number of anilines is 2. The topological polar surface area (TPSA) is 90.2 Å². The molecule has 9 heteroatoms. The van der Waals surface area contributed by atoms with Crippen molar-refractivity contribution >= 4 is 22.5 Å². The van der Waals surface area contributed by atoms with Crippen molar-refractivity contribution in [1.82, 2.24) is 29.6 Å². The van der Waals surface area contributed by atoms with Gasteiger partial charge in [-0.15, -0.1) is 0 Å². The molecule has 0 aliphatic rings. The predicted octanol–water partition coefficient (Wildman–Crippen LogP) is 3.23. The Bertz CT molecular complexity index is 1130. The van der Waals surface area contributed by atoms with Gasteiger partial charge >= 0.3 is 0 Å². The molecule has 4 aromatic rings. The normalized spacial score (nSPS) is 11.1. The molecule has 3 heterocycles. The van der Waals surface area contributed by atoms with E-state index in [4.69, 9.17) is 9.47 Å². The van der Waals surface area contributed by atoms with E-state index in [2.05, 4.69) is 30.3 Å². The fourth-order valence-electron chi connectivity index (χ4n) is 2.78. The van der Waals surface area contributed by atoms with E-state index < -0.39 is 0 Å². The quantitative estimate of drug-likeness (QED) is 0.478. The largest absolute Gasteiger partial charge is 0.491 e. The van der Waals surface area contributed by atoms with Crippen molar-refractivity contribution in [3.63, 3.8) is 0 Å². The molecule has 9 nitrogen and oxygen atoms in total. The summed E-state index contributed by atoms with van der Waals surface area (Å²) in [6.45, 7) is 1.44. The number of rotatable bonds is 8. The van der Waals surface area contributed by atoms with Gasteiger partial charge in [-0.2, -0.15) is 5.10 Å². The molecule has 0 amide bonds. The Kier molecular flexibility index (Phi) is 5.71. The zero-order chi connectivity index (χ0) is 20.9. The van der Waals surface area contributed by atoms with Gasteiger partial charge in [0, 0.05) is 37.3 Å². The van der Waals surface area contributed by atoms with Crippen LogP contribution in [0.2, 0.25) is 0 Å². The Labute approximate surface area is 174 Å². The van der Waals surface area contributed by atoms with Gasteiger partial charge in [-0.25, -0.2) is 15.0 Å². The average Bonchev–Trinajstić information content (AvgIpc) is 3.14. The Balaban J connectivity index is 1.50. The lowest BCUT2D eigenvalue weighted by atomic mass is 10.2. The number of hydrogen-bond acceptors (Lipinski definition) is 8. The minimum Gasteiger partial charge on any atom is -0.491 e. The van der Waals surface area contributed by atoms with Gasteiger partial charge in [0.2, 0.25) is 5.88 Å². The Morgan fingerprint density at radius 3 is 2.63 bits per heavy atom. The van der Waals surface area contributed by atoms with Crippen molar-refractivity contribution in [2.45, 2.75) is 0 Å². The summed E-state index contributed by atoms with van der Waals surface area (Å²) in [6.07, 6.45) is 5.04. The number of aryl methyl sites for hydroxylation is 1. The summed E-state index contributed by atoms with van der Waals surface area (Å²) in [5.41, 5.74) is 0.799. The molecule has 0 unspecified atom stereocenters. The third kappa shape index (κ3) is 4.81. The van der Waals surface area contributed by atoms with Crippen LogP contribution in [0.5, 0.6) is 17.4 Å². The molecule has 0 saturated carbocycles. The second-order valence-electron chi connectivity index (χ2n) is 6.99. The van der Waals surface area contributed by atoms with Crippen molar-refractivity contribution in [1.29, 1.82) is 0 Å². The van der Waals surface area contributed by atoms with E-state index in [1.807, 2.05) is 57.7 Å². The van der Waals surface area contributed by atoms with Crippen molar-refractivity contribution in [3.8, 4) is 17.4 Å². The van der Waals surface area contributed by atoms with Gasteiger partial charge in [-0.3, -0.25) is 4.68 Å². The summed E-state index contributed by atoms with van der Waals surface area (Å²) in [5.74, 6) is 3.18. The smallest absolute Gasteiger partial charge is 0.219 e. The first-order valence-electron chi connectivity index (χ1n) is 9.50. The first kappa shape index (κ1) is 19.6. The lowest BCUT2D eigenvalue weighted by molar-refractivity contribution is 0.260. The number of ether oxygens (including phenoxy) is 2. The Hall–Kier alpha value is -3.72. The molecule has 1 aromatic carbocycles. The summed E-state index contributed by atoms with van der Waals surface area (Å²) in [4.78, 5) is 15.1. The fraction of sp³-hybridized carbons (Fsp3) is 0.238. The summed E-state index contributed by atoms with van der Waals surface area (Å²) in [6, 6.07) is 11.1. The van der Waals surface area contributed by atoms with Crippen LogP contribution in [0.3, 0.4) is 0 Å². The number of fused-ring (bicyclic) bond motifs is 1. The van der Waals surface area contributed by atoms with Gasteiger partial charge in [-0.05, 0) is 38.4 Å². The Morgan fingerprint density at radius 2 is 1.90 bits per heavy atom. The Morgan fingerprint density at radius 1 is 1.03 bits per heavy atom. The van der Waals surface area contributed by atoms with Gasteiger partial charge in [0.15, 0.2) is 5.82 Å². The van der Waals surface area contributed by atoms with E-state index in [9.17, 15) is 0 Å². The van der Waals surface area contributed by atoms with Crippen molar-refractivity contribution in [2.24, 2.45) is 7.05 Å². The fourth-order valence-corrected chi connectivity index (χ4v) is 2.78. The average molecular weight is 405 g/mol. The molecule has 30 heavy (non-hydrogen) atoms. The summed E-state index contributed by atoms with van der Waals surface area (Å²) < 4.78 is 13.3.